The van der Waals surface area contributed by atoms with Crippen LogP contribution < -0.4 is 5.32 Å². The maximum absolute atomic E-state index is 13.4. The Morgan fingerprint density at radius 2 is 1.76 bits per heavy atom. The molecule has 176 valence electrons. The number of nitrogens with zero attached hydrogens (tertiary/aromatic N) is 2. The number of amides is 1. The summed E-state index contributed by atoms with van der Waals surface area (Å²) in [7, 11) is 0. The van der Waals surface area contributed by atoms with Crippen LogP contribution in [0.15, 0.2) is 30.3 Å². The summed E-state index contributed by atoms with van der Waals surface area (Å²) in [5, 5.41) is 36.1. The van der Waals surface area contributed by atoms with Gasteiger partial charge in [0.05, 0.1) is 30.0 Å². The maximum atomic E-state index is 13.4. The van der Waals surface area contributed by atoms with Crippen LogP contribution in [-0.2, 0) is 4.79 Å². The number of aromatic nitrogens is 2. The van der Waals surface area contributed by atoms with Crippen molar-refractivity contribution in [3.05, 3.63) is 53.1 Å². The average molecular weight is 472 g/mol. The monoisotopic (exact) mass is 471 g/mol. The molecule has 4 N–H and O–H groups in total. The quantitative estimate of drug-likeness (QED) is 0.394. The number of nitrogens with one attached hydrogen (secondary N) is 1. The molecular formula is C23H31FN3NaO5. The van der Waals surface area contributed by atoms with Crippen molar-refractivity contribution < 1.29 is 29.3 Å². The van der Waals surface area contributed by atoms with Gasteiger partial charge in [0.1, 0.15) is 5.82 Å². The first-order valence-corrected chi connectivity index (χ1v) is 10.4. The molecule has 0 aliphatic rings. The molecule has 1 amide bonds. The van der Waals surface area contributed by atoms with E-state index >= 15 is 0 Å². The number of carboxylic acid groups (broad SMARTS) is 1. The summed E-state index contributed by atoms with van der Waals surface area (Å²) < 4.78 is 14.9. The topological polar surface area (TPSA) is 125 Å². The molecule has 0 radical (unpaired) electrons. The molecule has 0 fully saturated rings. The van der Waals surface area contributed by atoms with Crippen molar-refractivity contribution in [3.63, 3.8) is 0 Å². The molecule has 1 aromatic heterocycles. The van der Waals surface area contributed by atoms with Gasteiger partial charge in [-0.15, -0.1) is 0 Å². The summed E-state index contributed by atoms with van der Waals surface area (Å²) in [5.41, 5.74) is 1.91. The van der Waals surface area contributed by atoms with Gasteiger partial charge < -0.3 is 20.6 Å². The van der Waals surface area contributed by atoms with Gasteiger partial charge in [0.2, 0.25) is 0 Å². The Kier molecular flexibility index (Phi) is 11.4. The van der Waals surface area contributed by atoms with Crippen LogP contribution in [-0.4, -0.2) is 84.8 Å². The number of aliphatic hydroxyl groups excluding tert-OH is 2. The standard InChI is InChI=1S/C23H30FN3O5.Na.H/c1-13(2)21-19(10-9-17(28)11-18(29)12-20(30)31)27(16-7-5-15(24)6-8-16)26-22(21)23(32)25-14(3)4;;/h5-10,13-14,17-18,28-29H,11-12H2,1-4H3,(H,25,32)(H,30,31);;/t17-,18+;;/m0../s1. The van der Waals surface area contributed by atoms with Crippen molar-refractivity contribution >= 4 is 47.5 Å². The van der Waals surface area contributed by atoms with Gasteiger partial charge in [0, 0.05) is 18.0 Å². The van der Waals surface area contributed by atoms with E-state index in [0.29, 0.717) is 16.9 Å². The number of carboxylic acids is 1. The van der Waals surface area contributed by atoms with Gasteiger partial charge in [0.15, 0.2) is 5.69 Å². The number of aliphatic hydroxyl groups is 2. The Morgan fingerprint density at radius 1 is 1.15 bits per heavy atom. The van der Waals surface area contributed by atoms with Gasteiger partial charge in [-0.2, -0.15) is 5.10 Å². The zero-order valence-corrected chi connectivity index (χ0v) is 18.6. The van der Waals surface area contributed by atoms with E-state index in [-0.39, 0.29) is 59.5 Å². The molecular weight excluding hydrogens is 440 g/mol. The predicted molar refractivity (Wildman–Crippen MR) is 125 cm³/mol. The Labute approximate surface area is 214 Å². The molecule has 10 heteroatoms. The third kappa shape index (κ3) is 8.35. The average Bonchev–Trinajstić information content (AvgIpc) is 3.05. The van der Waals surface area contributed by atoms with Crippen LogP contribution in [0.4, 0.5) is 4.39 Å². The summed E-state index contributed by atoms with van der Waals surface area (Å²) in [6.45, 7) is 7.48. The third-order valence-electron chi connectivity index (χ3n) is 4.64. The van der Waals surface area contributed by atoms with E-state index in [1.54, 1.807) is 6.08 Å². The number of benzene rings is 1. The molecule has 0 spiro atoms. The second kappa shape index (κ2) is 13.0. The van der Waals surface area contributed by atoms with Gasteiger partial charge in [-0.05, 0) is 50.1 Å². The molecule has 2 aromatic rings. The fourth-order valence-corrected chi connectivity index (χ4v) is 3.29. The van der Waals surface area contributed by atoms with E-state index in [9.17, 15) is 24.2 Å². The third-order valence-corrected chi connectivity index (χ3v) is 4.64. The fraction of sp³-hybridized carbons (Fsp3) is 0.435. The number of aliphatic carboxylic acids is 1. The van der Waals surface area contributed by atoms with E-state index in [0.717, 1.165) is 0 Å². The number of hydrogen-bond donors (Lipinski definition) is 4. The van der Waals surface area contributed by atoms with Crippen LogP contribution in [0.5, 0.6) is 0 Å². The predicted octanol–water partition coefficient (Wildman–Crippen LogP) is 2.22. The molecule has 33 heavy (non-hydrogen) atoms. The molecule has 1 heterocycles. The van der Waals surface area contributed by atoms with Crippen LogP contribution in [0.25, 0.3) is 11.8 Å². The van der Waals surface area contributed by atoms with Crippen LogP contribution in [0.1, 0.15) is 68.2 Å². The Hall–Kier alpha value is -2.04. The molecule has 0 aliphatic heterocycles. The summed E-state index contributed by atoms with van der Waals surface area (Å²) in [4.78, 5) is 23.5. The van der Waals surface area contributed by atoms with Gasteiger partial charge in [0.25, 0.3) is 5.91 Å². The number of rotatable bonds is 10. The van der Waals surface area contributed by atoms with Crippen LogP contribution >= 0.6 is 0 Å². The molecule has 0 aliphatic carbocycles. The van der Waals surface area contributed by atoms with Crippen molar-refractivity contribution in [1.82, 2.24) is 15.1 Å². The second-order valence-corrected chi connectivity index (χ2v) is 8.23. The Bertz CT molecular complexity index is 973. The molecule has 0 unspecified atom stereocenters. The van der Waals surface area contributed by atoms with Crippen molar-refractivity contribution in [2.75, 3.05) is 0 Å². The van der Waals surface area contributed by atoms with Gasteiger partial charge in [-0.25, -0.2) is 9.07 Å². The van der Waals surface area contributed by atoms with Crippen LogP contribution in [0.3, 0.4) is 0 Å². The van der Waals surface area contributed by atoms with Crippen molar-refractivity contribution in [2.45, 2.75) is 64.7 Å². The molecule has 0 saturated heterocycles. The van der Waals surface area contributed by atoms with Crippen LogP contribution in [0.2, 0.25) is 0 Å². The molecule has 0 saturated carbocycles. The van der Waals surface area contributed by atoms with E-state index in [2.05, 4.69) is 10.4 Å². The first-order valence-electron chi connectivity index (χ1n) is 10.4. The SMILES string of the molecule is CC(C)NC(=O)c1nn(-c2ccc(F)cc2)c(C=C[C@H](O)C[C@@H](O)CC(=O)O)c1C(C)C.[NaH]. The van der Waals surface area contributed by atoms with E-state index in [1.807, 2.05) is 27.7 Å². The molecule has 8 nitrogen and oxygen atoms in total. The molecule has 0 bridgehead atoms. The first-order chi connectivity index (χ1) is 15.0. The fourth-order valence-electron chi connectivity index (χ4n) is 3.29. The van der Waals surface area contributed by atoms with Gasteiger partial charge >= 0.3 is 35.5 Å². The van der Waals surface area contributed by atoms with E-state index in [4.69, 9.17) is 5.11 Å². The summed E-state index contributed by atoms with van der Waals surface area (Å²) >= 11 is 0. The van der Waals surface area contributed by atoms with Crippen molar-refractivity contribution in [3.8, 4) is 5.69 Å². The number of carbonyl (C=O) groups is 2. The minimum absolute atomic E-state index is 0. The van der Waals surface area contributed by atoms with Crippen molar-refractivity contribution in [2.24, 2.45) is 0 Å². The van der Waals surface area contributed by atoms with Gasteiger partial charge in [-0.1, -0.05) is 19.9 Å². The minimum atomic E-state index is -1.20. The Morgan fingerprint density at radius 3 is 2.27 bits per heavy atom. The van der Waals surface area contributed by atoms with Crippen molar-refractivity contribution in [1.29, 1.82) is 0 Å². The normalized spacial score (nSPS) is 13.2. The number of halogens is 1. The zero-order valence-electron chi connectivity index (χ0n) is 18.6. The molecule has 1 aromatic carbocycles. The summed E-state index contributed by atoms with van der Waals surface area (Å²) in [6, 6.07) is 5.52. The molecule has 2 atom stereocenters. The van der Waals surface area contributed by atoms with E-state index in [1.165, 1.54) is 35.0 Å². The number of hydrogen-bond acceptors (Lipinski definition) is 5. The van der Waals surface area contributed by atoms with E-state index < -0.39 is 30.4 Å². The second-order valence-electron chi connectivity index (χ2n) is 8.23. The number of carbonyl (C=O) groups excluding carboxylic acids is 1. The first kappa shape index (κ1) is 29.0. The zero-order chi connectivity index (χ0) is 24.0. The Balaban J connectivity index is 0.00000544. The summed E-state index contributed by atoms with van der Waals surface area (Å²) in [5.74, 6) is -2.03. The summed E-state index contributed by atoms with van der Waals surface area (Å²) in [6.07, 6.45) is 0.0362. The van der Waals surface area contributed by atoms with Crippen LogP contribution in [0, 0.1) is 5.82 Å². The molecule has 2 rings (SSSR count). The van der Waals surface area contributed by atoms with Gasteiger partial charge in [-0.3, -0.25) is 9.59 Å².